The van der Waals surface area contributed by atoms with E-state index in [1.807, 2.05) is 0 Å². The van der Waals surface area contributed by atoms with Crippen LogP contribution in [0.4, 0.5) is 0 Å². The number of hydrogen-bond donors (Lipinski definition) is 0. The van der Waals surface area contributed by atoms with E-state index < -0.39 is 6.10 Å². The second-order valence-corrected chi connectivity index (χ2v) is 19.2. The van der Waals surface area contributed by atoms with Crippen LogP contribution in [-0.2, 0) is 23.8 Å². The van der Waals surface area contributed by atoms with Gasteiger partial charge in [0.25, 0.3) is 0 Å². The zero-order valence-electron chi connectivity index (χ0n) is 43.3. The van der Waals surface area contributed by atoms with E-state index in [1.165, 1.54) is 225 Å². The summed E-state index contributed by atoms with van der Waals surface area (Å²) in [6.07, 6.45) is 67.3. The van der Waals surface area contributed by atoms with Gasteiger partial charge >= 0.3 is 11.9 Å². The Bertz CT molecular complexity index is 1020. The summed E-state index contributed by atoms with van der Waals surface area (Å²) in [6.45, 7) is 7.83. The Morgan fingerprint density at radius 1 is 0.344 bits per heavy atom. The van der Waals surface area contributed by atoms with Crippen LogP contribution in [0.2, 0.25) is 0 Å². The average molecular weight is 900 g/mol. The molecule has 0 saturated carbocycles. The summed E-state index contributed by atoms with van der Waals surface area (Å²) < 4.78 is 17.5. The molecule has 0 aliphatic heterocycles. The van der Waals surface area contributed by atoms with Crippen molar-refractivity contribution in [2.45, 2.75) is 309 Å². The lowest BCUT2D eigenvalue weighted by atomic mass is 10.0. The molecule has 5 heteroatoms. The van der Waals surface area contributed by atoms with E-state index in [4.69, 9.17) is 14.2 Å². The number of hydrogen-bond acceptors (Lipinski definition) is 5. The summed E-state index contributed by atoms with van der Waals surface area (Å²) in [6, 6.07) is 0. The average Bonchev–Trinajstić information content (AvgIpc) is 3.30. The minimum Gasteiger partial charge on any atom is -0.462 e. The Morgan fingerprint density at radius 3 is 1.08 bits per heavy atom. The molecule has 0 saturated heterocycles. The Kier molecular flexibility index (Phi) is 53.8. The lowest BCUT2D eigenvalue weighted by molar-refractivity contribution is -0.163. The van der Waals surface area contributed by atoms with Gasteiger partial charge in [-0.05, 0) is 77.0 Å². The van der Waals surface area contributed by atoms with Crippen LogP contribution in [0.5, 0.6) is 0 Å². The molecular weight excluding hydrogens is 789 g/mol. The van der Waals surface area contributed by atoms with Crippen LogP contribution in [0.1, 0.15) is 303 Å². The van der Waals surface area contributed by atoms with E-state index in [2.05, 4.69) is 57.2 Å². The van der Waals surface area contributed by atoms with Gasteiger partial charge in [0.15, 0.2) is 6.10 Å². The van der Waals surface area contributed by atoms with Crippen LogP contribution >= 0.6 is 0 Å². The van der Waals surface area contributed by atoms with Crippen LogP contribution in [0.15, 0.2) is 36.5 Å². The third-order valence-corrected chi connectivity index (χ3v) is 12.6. The van der Waals surface area contributed by atoms with Gasteiger partial charge in [0.2, 0.25) is 0 Å². The van der Waals surface area contributed by atoms with E-state index in [0.717, 1.165) is 44.9 Å². The van der Waals surface area contributed by atoms with Crippen molar-refractivity contribution in [3.05, 3.63) is 36.5 Å². The van der Waals surface area contributed by atoms with Gasteiger partial charge in [0.05, 0.1) is 6.61 Å². The van der Waals surface area contributed by atoms with Crippen LogP contribution in [-0.4, -0.2) is 37.9 Å². The molecule has 0 N–H and O–H groups in total. The number of carbonyl (C=O) groups excluding carboxylic acids is 2. The molecule has 0 aliphatic carbocycles. The SMILES string of the molecule is CCCCC/C=C\C/C=C\CCCCCCCCOCC(COC(=O)CCCCCCCCCCC/C=C\CCCCCCCC)OC(=O)CCCCCCCCCCCCCCC. The molecule has 0 aromatic rings. The first-order valence-corrected chi connectivity index (χ1v) is 28.5. The molecule has 0 bridgehead atoms. The Balaban J connectivity index is 4.22. The van der Waals surface area contributed by atoms with Crippen molar-refractivity contribution >= 4 is 11.9 Å². The quantitative estimate of drug-likeness (QED) is 0.0346. The summed E-state index contributed by atoms with van der Waals surface area (Å²) in [4.78, 5) is 25.5. The fraction of sp³-hybridized carbons (Fsp3) is 0.864. The fourth-order valence-electron chi connectivity index (χ4n) is 8.36. The van der Waals surface area contributed by atoms with Crippen molar-refractivity contribution in [1.29, 1.82) is 0 Å². The minimum atomic E-state index is -0.538. The van der Waals surface area contributed by atoms with Gasteiger partial charge in [-0.25, -0.2) is 0 Å². The highest BCUT2D eigenvalue weighted by molar-refractivity contribution is 5.70. The molecule has 1 atom stereocenters. The molecule has 0 fully saturated rings. The van der Waals surface area contributed by atoms with E-state index in [-0.39, 0.29) is 25.2 Å². The molecule has 0 aromatic carbocycles. The topological polar surface area (TPSA) is 61.8 Å². The van der Waals surface area contributed by atoms with Gasteiger partial charge in [-0.2, -0.15) is 0 Å². The van der Waals surface area contributed by atoms with Crippen molar-refractivity contribution < 1.29 is 23.8 Å². The molecule has 0 aromatic heterocycles. The summed E-state index contributed by atoms with van der Waals surface area (Å²) in [5.74, 6) is -0.388. The van der Waals surface area contributed by atoms with Crippen LogP contribution in [0.25, 0.3) is 0 Å². The molecule has 5 nitrogen and oxygen atoms in total. The highest BCUT2D eigenvalue weighted by Crippen LogP contribution is 2.16. The molecule has 376 valence electrons. The third kappa shape index (κ3) is 52.7. The predicted octanol–water partition coefficient (Wildman–Crippen LogP) is 19.4. The lowest BCUT2D eigenvalue weighted by Crippen LogP contribution is -2.30. The predicted molar refractivity (Wildman–Crippen MR) is 279 cm³/mol. The Hall–Kier alpha value is -1.88. The molecule has 0 heterocycles. The normalized spacial score (nSPS) is 12.4. The lowest BCUT2D eigenvalue weighted by Gasteiger charge is -2.18. The number of ether oxygens (including phenoxy) is 3. The van der Waals surface area contributed by atoms with Gasteiger partial charge in [0.1, 0.15) is 6.61 Å². The third-order valence-electron chi connectivity index (χ3n) is 12.6. The van der Waals surface area contributed by atoms with E-state index in [1.54, 1.807) is 0 Å². The maximum Gasteiger partial charge on any atom is 0.306 e. The fourth-order valence-corrected chi connectivity index (χ4v) is 8.36. The molecule has 0 aliphatic rings. The van der Waals surface area contributed by atoms with Crippen LogP contribution in [0.3, 0.4) is 0 Å². The van der Waals surface area contributed by atoms with Gasteiger partial charge in [-0.3, -0.25) is 9.59 Å². The maximum absolute atomic E-state index is 12.8. The van der Waals surface area contributed by atoms with E-state index >= 15 is 0 Å². The van der Waals surface area contributed by atoms with Crippen molar-refractivity contribution in [3.8, 4) is 0 Å². The van der Waals surface area contributed by atoms with Gasteiger partial charge in [-0.15, -0.1) is 0 Å². The van der Waals surface area contributed by atoms with E-state index in [9.17, 15) is 9.59 Å². The molecule has 0 rings (SSSR count). The smallest absolute Gasteiger partial charge is 0.306 e. The number of rotatable bonds is 53. The highest BCUT2D eigenvalue weighted by atomic mass is 16.6. The second kappa shape index (κ2) is 55.4. The molecule has 0 radical (unpaired) electrons. The maximum atomic E-state index is 12.8. The molecule has 1 unspecified atom stereocenters. The first-order chi connectivity index (χ1) is 31.6. The standard InChI is InChI=1S/C59H110O5/c1-4-7-10-13-16-19-22-25-27-29-30-31-32-35-37-40-43-46-49-52-58(60)63-56-57(64-59(61)53-50-47-44-41-38-34-24-21-18-15-12-9-6-3)55-62-54-51-48-45-42-39-36-33-28-26-23-20-17-14-11-8-5-2/h17,20,25-28,57H,4-16,18-19,21-24,29-56H2,1-3H3/b20-17-,27-25-,28-26-. The summed E-state index contributed by atoms with van der Waals surface area (Å²) in [5.41, 5.74) is 0. The number of allylic oxidation sites excluding steroid dienone is 6. The largest absolute Gasteiger partial charge is 0.462 e. The molecular formula is C59H110O5. The number of unbranched alkanes of at least 4 members (excludes halogenated alkanes) is 36. The Morgan fingerprint density at radius 2 is 0.656 bits per heavy atom. The van der Waals surface area contributed by atoms with Crippen molar-refractivity contribution in [2.24, 2.45) is 0 Å². The summed E-state index contributed by atoms with van der Waals surface area (Å²) in [7, 11) is 0. The second-order valence-electron chi connectivity index (χ2n) is 19.2. The Labute approximate surface area is 400 Å². The molecule has 64 heavy (non-hydrogen) atoms. The zero-order chi connectivity index (χ0) is 46.3. The number of esters is 2. The van der Waals surface area contributed by atoms with Crippen molar-refractivity contribution in [1.82, 2.24) is 0 Å². The summed E-state index contributed by atoms with van der Waals surface area (Å²) >= 11 is 0. The van der Waals surface area contributed by atoms with Crippen LogP contribution < -0.4 is 0 Å². The zero-order valence-corrected chi connectivity index (χ0v) is 43.3. The van der Waals surface area contributed by atoms with Gasteiger partial charge in [0, 0.05) is 19.4 Å². The van der Waals surface area contributed by atoms with Crippen molar-refractivity contribution in [3.63, 3.8) is 0 Å². The number of carbonyl (C=O) groups is 2. The molecule has 0 spiro atoms. The highest BCUT2D eigenvalue weighted by Gasteiger charge is 2.17. The van der Waals surface area contributed by atoms with Crippen LogP contribution in [0, 0.1) is 0 Å². The summed E-state index contributed by atoms with van der Waals surface area (Å²) in [5, 5.41) is 0. The van der Waals surface area contributed by atoms with Crippen molar-refractivity contribution in [2.75, 3.05) is 19.8 Å². The van der Waals surface area contributed by atoms with Gasteiger partial charge in [-0.1, -0.05) is 250 Å². The first-order valence-electron chi connectivity index (χ1n) is 28.5. The monoisotopic (exact) mass is 899 g/mol. The van der Waals surface area contributed by atoms with E-state index in [0.29, 0.717) is 19.4 Å². The first kappa shape index (κ1) is 62.1. The van der Waals surface area contributed by atoms with Gasteiger partial charge < -0.3 is 14.2 Å². The minimum absolute atomic E-state index is 0.0851. The molecule has 0 amide bonds.